The monoisotopic (exact) mass is 537 g/mol. The van der Waals surface area contributed by atoms with Crippen LogP contribution in [0.4, 0.5) is 0 Å². The van der Waals surface area contributed by atoms with E-state index in [-0.39, 0.29) is 11.5 Å². The molecule has 193 valence electrons. The number of halogens is 2. The first-order valence-electron chi connectivity index (χ1n) is 12.4. The number of ether oxygens (including phenoxy) is 2. The highest BCUT2D eigenvalue weighted by atomic mass is 35.5. The first kappa shape index (κ1) is 27.0. The van der Waals surface area contributed by atoms with E-state index in [4.69, 9.17) is 37.7 Å². The molecule has 1 aliphatic heterocycles. The summed E-state index contributed by atoms with van der Waals surface area (Å²) in [5, 5.41) is 1.25. The van der Waals surface area contributed by atoms with Crippen LogP contribution in [0.25, 0.3) is 0 Å². The lowest BCUT2D eigenvalue weighted by molar-refractivity contribution is 0.320. The average Bonchev–Trinajstić information content (AvgIpc) is 3.24. The van der Waals surface area contributed by atoms with Gasteiger partial charge in [0.2, 0.25) is 0 Å². The number of benzene rings is 3. The fourth-order valence-corrected chi connectivity index (χ4v) is 4.87. The minimum absolute atomic E-state index is 0.180. The van der Waals surface area contributed by atoms with Crippen LogP contribution in [0.5, 0.6) is 11.5 Å². The van der Waals surface area contributed by atoms with Crippen LogP contribution in [0.15, 0.2) is 65.7 Å². The summed E-state index contributed by atoms with van der Waals surface area (Å²) < 4.78 is 12.2. The summed E-state index contributed by atoms with van der Waals surface area (Å²) in [5.41, 5.74) is 3.33. The smallest absolute Gasteiger partial charge is 0.318 e. The third kappa shape index (κ3) is 5.63. The maximum atomic E-state index is 12.6. The predicted octanol–water partition coefficient (Wildman–Crippen LogP) is 7.70. The second kappa shape index (κ2) is 11.2. The lowest BCUT2D eigenvalue weighted by Crippen LogP contribution is -2.31. The SMILES string of the molecule is CCOc1cc(C(C)(C)C)c(OCC)cc1C1=N[C@@H](c2ccc(Cl)cc2)[C@@H](c2ccc(Cl)cc2)N1[C]=O. The summed E-state index contributed by atoms with van der Waals surface area (Å²) in [4.78, 5) is 19.2. The van der Waals surface area contributed by atoms with Crippen LogP contribution in [0, 0.1) is 0 Å². The van der Waals surface area contributed by atoms with E-state index in [1.54, 1.807) is 4.90 Å². The molecule has 0 aliphatic carbocycles. The van der Waals surface area contributed by atoms with Crippen molar-refractivity contribution in [3.63, 3.8) is 0 Å². The van der Waals surface area contributed by atoms with Gasteiger partial charge in [-0.1, -0.05) is 68.2 Å². The van der Waals surface area contributed by atoms with Crippen molar-refractivity contribution in [3.05, 3.63) is 93.0 Å². The summed E-state index contributed by atoms with van der Waals surface area (Å²) in [6.07, 6.45) is 2.15. The molecule has 1 aliphatic rings. The van der Waals surface area contributed by atoms with Crippen molar-refractivity contribution in [3.8, 4) is 11.5 Å². The first-order valence-corrected chi connectivity index (χ1v) is 13.1. The van der Waals surface area contributed by atoms with Gasteiger partial charge in [0.25, 0.3) is 0 Å². The van der Waals surface area contributed by atoms with E-state index >= 15 is 0 Å². The Morgan fingerprint density at radius 3 is 1.92 bits per heavy atom. The van der Waals surface area contributed by atoms with Crippen LogP contribution in [0.1, 0.15) is 69.0 Å². The van der Waals surface area contributed by atoms with Gasteiger partial charge < -0.3 is 9.47 Å². The highest BCUT2D eigenvalue weighted by molar-refractivity contribution is 6.30. The number of hydrogen-bond donors (Lipinski definition) is 0. The number of rotatable bonds is 8. The van der Waals surface area contributed by atoms with Crippen molar-refractivity contribution in [1.82, 2.24) is 4.90 Å². The molecule has 3 aromatic rings. The Morgan fingerprint density at radius 2 is 1.41 bits per heavy atom. The molecule has 0 saturated heterocycles. The van der Waals surface area contributed by atoms with Crippen molar-refractivity contribution in [2.75, 3.05) is 13.2 Å². The highest BCUT2D eigenvalue weighted by Gasteiger charge is 2.41. The van der Waals surface area contributed by atoms with Crippen LogP contribution in [-0.2, 0) is 10.2 Å². The standard InChI is InChI=1S/C30H31Cl2N2O3/c1-6-36-25-17-24(30(3,4)5)26(37-7-2)16-23(25)29-33-27(19-8-12-21(31)13-9-19)28(34(29)18-35)20-10-14-22(32)15-11-20/h8-17,27-28H,6-7H2,1-5H3/t27-,28+/m0/s1. The second-order valence-electron chi connectivity index (χ2n) is 9.87. The zero-order valence-electron chi connectivity index (χ0n) is 21.7. The maximum absolute atomic E-state index is 12.6. The molecule has 37 heavy (non-hydrogen) atoms. The summed E-state index contributed by atoms with van der Waals surface area (Å²) >= 11 is 12.3. The molecule has 4 rings (SSSR count). The Kier molecular flexibility index (Phi) is 8.15. The van der Waals surface area contributed by atoms with Crippen molar-refractivity contribution in [1.29, 1.82) is 0 Å². The number of carbonyl (C=O) groups excluding carboxylic acids is 1. The maximum Gasteiger partial charge on any atom is 0.318 e. The molecule has 2 atom stereocenters. The first-order chi connectivity index (χ1) is 17.7. The van der Waals surface area contributed by atoms with Crippen molar-refractivity contribution in [2.24, 2.45) is 4.99 Å². The molecule has 0 bridgehead atoms. The molecule has 0 N–H and O–H groups in total. The van der Waals surface area contributed by atoms with Gasteiger partial charge in [-0.15, -0.1) is 0 Å². The van der Waals surface area contributed by atoms with Crippen molar-refractivity contribution in [2.45, 2.75) is 52.1 Å². The topological polar surface area (TPSA) is 51.1 Å². The zero-order chi connectivity index (χ0) is 26.7. The van der Waals surface area contributed by atoms with Gasteiger partial charge in [0.1, 0.15) is 23.4 Å². The average molecular weight is 538 g/mol. The highest BCUT2D eigenvalue weighted by Crippen LogP contribution is 2.45. The van der Waals surface area contributed by atoms with Gasteiger partial charge in [-0.05, 0) is 66.8 Å². The predicted molar refractivity (Wildman–Crippen MR) is 150 cm³/mol. The van der Waals surface area contributed by atoms with Crippen molar-refractivity contribution < 1.29 is 14.3 Å². The lowest BCUT2D eigenvalue weighted by Gasteiger charge is -2.28. The van der Waals surface area contributed by atoms with Gasteiger partial charge >= 0.3 is 6.41 Å². The number of nitrogens with zero attached hydrogens (tertiary/aromatic N) is 2. The molecule has 0 saturated carbocycles. The summed E-state index contributed by atoms with van der Waals surface area (Å²) in [5.74, 6) is 1.85. The minimum Gasteiger partial charge on any atom is -0.494 e. The lowest BCUT2D eigenvalue weighted by atomic mass is 9.85. The molecule has 1 radical (unpaired) electrons. The molecular weight excluding hydrogens is 507 g/mol. The second-order valence-corrected chi connectivity index (χ2v) is 10.7. The number of amides is 1. The van der Waals surface area contributed by atoms with Crippen molar-refractivity contribution >= 4 is 35.4 Å². The van der Waals surface area contributed by atoms with E-state index in [0.29, 0.717) is 40.4 Å². The van der Waals surface area contributed by atoms with Crippen LogP contribution < -0.4 is 9.47 Å². The molecule has 1 amide bonds. The fourth-order valence-electron chi connectivity index (χ4n) is 4.62. The molecular formula is C30H31Cl2N2O3. The minimum atomic E-state index is -0.432. The Labute approximate surface area is 229 Å². The van der Waals surface area contributed by atoms with Crippen LogP contribution >= 0.6 is 23.2 Å². The van der Waals surface area contributed by atoms with E-state index in [1.165, 1.54) is 0 Å². The third-order valence-electron chi connectivity index (χ3n) is 6.32. The molecule has 3 aromatic carbocycles. The molecule has 0 unspecified atom stereocenters. The molecule has 5 nitrogen and oxygen atoms in total. The molecule has 0 fully saturated rings. The van der Waals surface area contributed by atoms with E-state index in [1.807, 2.05) is 74.5 Å². The van der Waals surface area contributed by atoms with Gasteiger partial charge in [-0.25, -0.2) is 0 Å². The zero-order valence-corrected chi connectivity index (χ0v) is 23.2. The summed E-state index contributed by atoms with van der Waals surface area (Å²) in [6, 6.07) is 18.1. The van der Waals surface area contributed by atoms with Crippen LogP contribution in [-0.4, -0.2) is 30.4 Å². The fraction of sp³-hybridized carbons (Fsp3) is 0.333. The van der Waals surface area contributed by atoms with E-state index in [2.05, 4.69) is 27.2 Å². The van der Waals surface area contributed by atoms with Crippen LogP contribution in [0.2, 0.25) is 10.0 Å². The van der Waals surface area contributed by atoms with Gasteiger partial charge in [0, 0.05) is 15.6 Å². The normalized spacial score (nSPS) is 17.5. The number of aliphatic imine (C=N–C) groups is 1. The molecule has 0 spiro atoms. The summed E-state index contributed by atoms with van der Waals surface area (Å²) in [6.45, 7) is 11.2. The summed E-state index contributed by atoms with van der Waals surface area (Å²) in [7, 11) is 0. The van der Waals surface area contributed by atoms with Crippen LogP contribution in [0.3, 0.4) is 0 Å². The largest absolute Gasteiger partial charge is 0.494 e. The Balaban J connectivity index is 1.94. The third-order valence-corrected chi connectivity index (χ3v) is 6.82. The number of amidine groups is 1. The van der Waals surface area contributed by atoms with E-state index < -0.39 is 6.04 Å². The van der Waals surface area contributed by atoms with Gasteiger partial charge in [-0.2, -0.15) is 0 Å². The number of hydrogen-bond acceptors (Lipinski definition) is 4. The van der Waals surface area contributed by atoms with E-state index in [0.717, 1.165) is 22.4 Å². The molecule has 7 heteroatoms. The molecule has 0 aromatic heterocycles. The molecule has 1 heterocycles. The van der Waals surface area contributed by atoms with Gasteiger partial charge in [0.05, 0.1) is 24.8 Å². The quantitative estimate of drug-likeness (QED) is 0.295. The Bertz CT molecular complexity index is 1280. The van der Waals surface area contributed by atoms with E-state index in [9.17, 15) is 4.79 Å². The Morgan fingerprint density at radius 1 is 0.865 bits per heavy atom. The van der Waals surface area contributed by atoms with Gasteiger partial charge in [-0.3, -0.25) is 14.7 Å². The Hall–Kier alpha value is -3.02. The van der Waals surface area contributed by atoms with Gasteiger partial charge in [0.15, 0.2) is 0 Å².